The monoisotopic (exact) mass is 340 g/mol. The molecule has 0 bridgehead atoms. The molecule has 2 heterocycles. The summed E-state index contributed by atoms with van der Waals surface area (Å²) in [5.74, 6) is -0.810. The molecule has 1 aliphatic heterocycles. The van der Waals surface area contributed by atoms with Crippen molar-refractivity contribution in [2.75, 3.05) is 18.4 Å². The number of piperidine rings is 1. The maximum atomic E-state index is 12.4. The molecule has 2 N–H and O–H groups in total. The van der Waals surface area contributed by atoms with Crippen molar-refractivity contribution in [2.45, 2.75) is 46.0 Å². The van der Waals surface area contributed by atoms with Crippen molar-refractivity contribution in [3.8, 4) is 0 Å². The largest absolute Gasteiger partial charge is 0.481 e. The van der Waals surface area contributed by atoms with Gasteiger partial charge >= 0.3 is 12.0 Å². The number of hydrogen-bond acceptors (Lipinski definition) is 5. The van der Waals surface area contributed by atoms with Gasteiger partial charge in [0.2, 0.25) is 5.13 Å². The number of aromatic nitrogens is 2. The van der Waals surface area contributed by atoms with Crippen LogP contribution in [0.3, 0.4) is 0 Å². The molecule has 2 atom stereocenters. The highest BCUT2D eigenvalue weighted by molar-refractivity contribution is 7.15. The fourth-order valence-electron chi connectivity index (χ4n) is 2.95. The van der Waals surface area contributed by atoms with Crippen molar-refractivity contribution < 1.29 is 14.7 Å². The van der Waals surface area contributed by atoms with E-state index < -0.39 is 11.9 Å². The lowest BCUT2D eigenvalue weighted by Gasteiger charge is -2.34. The Bertz CT molecular complexity index is 559. The molecule has 0 spiro atoms. The number of carboxylic acid groups (broad SMARTS) is 1. The number of nitrogens with zero attached hydrogens (tertiary/aromatic N) is 3. The highest BCUT2D eigenvalue weighted by Gasteiger charge is 2.32. The lowest BCUT2D eigenvalue weighted by molar-refractivity contribution is -0.143. The molecule has 2 unspecified atom stereocenters. The molecule has 2 rings (SSSR count). The van der Waals surface area contributed by atoms with Crippen LogP contribution in [0.4, 0.5) is 9.93 Å². The van der Waals surface area contributed by atoms with Gasteiger partial charge < -0.3 is 10.0 Å². The average Bonchev–Trinajstić information content (AvgIpc) is 2.96. The number of nitrogens with one attached hydrogen (secondary N) is 1. The van der Waals surface area contributed by atoms with Crippen LogP contribution in [0.2, 0.25) is 0 Å². The maximum absolute atomic E-state index is 12.4. The molecule has 128 valence electrons. The molecule has 8 heteroatoms. The maximum Gasteiger partial charge on any atom is 0.323 e. The Morgan fingerprint density at radius 1 is 1.35 bits per heavy atom. The number of likely N-dealkylation sites (tertiary alicyclic amines) is 1. The third kappa shape index (κ3) is 4.40. The summed E-state index contributed by atoms with van der Waals surface area (Å²) in [5, 5.41) is 21.5. The summed E-state index contributed by atoms with van der Waals surface area (Å²) in [6.45, 7) is 6.98. The second kappa shape index (κ2) is 7.72. The van der Waals surface area contributed by atoms with Gasteiger partial charge in [-0.3, -0.25) is 10.1 Å². The molecule has 1 fully saturated rings. The van der Waals surface area contributed by atoms with Crippen LogP contribution in [0.5, 0.6) is 0 Å². The van der Waals surface area contributed by atoms with E-state index in [4.69, 9.17) is 0 Å². The molecular weight excluding hydrogens is 316 g/mol. The van der Waals surface area contributed by atoms with Crippen LogP contribution < -0.4 is 5.32 Å². The van der Waals surface area contributed by atoms with Crippen molar-refractivity contribution in [2.24, 2.45) is 11.8 Å². The van der Waals surface area contributed by atoms with E-state index >= 15 is 0 Å². The van der Waals surface area contributed by atoms with Crippen LogP contribution in [0.25, 0.3) is 0 Å². The summed E-state index contributed by atoms with van der Waals surface area (Å²) in [6.07, 6.45) is 2.59. The molecule has 2 amide bonds. The van der Waals surface area contributed by atoms with Crippen LogP contribution in [0.15, 0.2) is 0 Å². The minimum absolute atomic E-state index is 0.171. The highest BCUT2D eigenvalue weighted by Crippen LogP contribution is 2.28. The second-order valence-electron chi connectivity index (χ2n) is 6.17. The summed E-state index contributed by atoms with van der Waals surface area (Å²) in [5.41, 5.74) is 0. The normalized spacial score (nSPS) is 21.5. The van der Waals surface area contributed by atoms with Gasteiger partial charge in [-0.15, -0.1) is 10.2 Å². The van der Waals surface area contributed by atoms with Crippen molar-refractivity contribution in [1.82, 2.24) is 15.1 Å². The Morgan fingerprint density at radius 2 is 2.04 bits per heavy atom. The van der Waals surface area contributed by atoms with E-state index in [0.29, 0.717) is 24.0 Å². The molecule has 23 heavy (non-hydrogen) atoms. The topological polar surface area (TPSA) is 95.4 Å². The highest BCUT2D eigenvalue weighted by atomic mass is 32.1. The predicted molar refractivity (Wildman–Crippen MR) is 88.7 cm³/mol. The van der Waals surface area contributed by atoms with E-state index in [2.05, 4.69) is 29.4 Å². The van der Waals surface area contributed by atoms with Gasteiger partial charge in [-0.25, -0.2) is 4.79 Å². The van der Waals surface area contributed by atoms with Crippen molar-refractivity contribution in [1.29, 1.82) is 0 Å². The second-order valence-corrected chi connectivity index (χ2v) is 7.18. The van der Waals surface area contributed by atoms with E-state index in [1.807, 2.05) is 6.92 Å². The molecule has 0 saturated carbocycles. The average molecular weight is 340 g/mol. The molecule has 0 radical (unpaired) electrons. The van der Waals surface area contributed by atoms with Gasteiger partial charge in [0.25, 0.3) is 0 Å². The van der Waals surface area contributed by atoms with Crippen LogP contribution in [0.1, 0.15) is 51.0 Å². The van der Waals surface area contributed by atoms with Crippen LogP contribution in [0, 0.1) is 11.8 Å². The summed E-state index contributed by atoms with van der Waals surface area (Å²) in [4.78, 5) is 25.1. The zero-order chi connectivity index (χ0) is 17.0. The van der Waals surface area contributed by atoms with Crippen molar-refractivity contribution in [3.63, 3.8) is 0 Å². The predicted octanol–water partition coefficient (Wildman–Crippen LogP) is 3.02. The van der Waals surface area contributed by atoms with Gasteiger partial charge in [0, 0.05) is 19.0 Å². The molecular formula is C15H24N4O3S. The first-order chi connectivity index (χ1) is 10.9. The Hall–Kier alpha value is -1.70. The van der Waals surface area contributed by atoms with E-state index in [-0.39, 0.29) is 18.5 Å². The fourth-order valence-corrected chi connectivity index (χ4v) is 3.95. The zero-order valence-corrected chi connectivity index (χ0v) is 14.6. The van der Waals surface area contributed by atoms with Crippen molar-refractivity contribution in [3.05, 3.63) is 5.01 Å². The number of amides is 2. The van der Waals surface area contributed by atoms with E-state index in [9.17, 15) is 14.7 Å². The van der Waals surface area contributed by atoms with Crippen LogP contribution >= 0.6 is 11.3 Å². The third-order valence-electron chi connectivity index (χ3n) is 4.29. The first-order valence-corrected chi connectivity index (χ1v) is 8.88. The minimum atomic E-state index is -0.846. The number of carboxylic acids is 1. The number of carbonyl (C=O) groups is 2. The Morgan fingerprint density at radius 3 is 2.65 bits per heavy atom. The van der Waals surface area contributed by atoms with Gasteiger partial charge in [-0.2, -0.15) is 0 Å². The first kappa shape index (κ1) is 17.7. The summed E-state index contributed by atoms with van der Waals surface area (Å²) in [7, 11) is 0. The number of hydrogen-bond donors (Lipinski definition) is 2. The lowest BCUT2D eigenvalue weighted by atomic mass is 9.91. The zero-order valence-electron chi connectivity index (χ0n) is 13.8. The molecule has 7 nitrogen and oxygen atoms in total. The molecule has 0 aromatic carbocycles. The van der Waals surface area contributed by atoms with Gasteiger partial charge in [0.15, 0.2) is 0 Å². The molecule has 0 aliphatic carbocycles. The van der Waals surface area contributed by atoms with Crippen LogP contribution in [-0.4, -0.2) is 45.3 Å². The quantitative estimate of drug-likeness (QED) is 0.859. The molecule has 1 aliphatic rings. The fraction of sp³-hybridized carbons (Fsp3) is 0.733. The number of carbonyl (C=O) groups excluding carboxylic acids is 1. The Kier molecular flexibility index (Phi) is 5.92. The third-order valence-corrected chi connectivity index (χ3v) is 5.29. The Balaban J connectivity index is 2.00. The van der Waals surface area contributed by atoms with E-state index in [1.54, 1.807) is 4.90 Å². The van der Waals surface area contributed by atoms with Gasteiger partial charge in [-0.1, -0.05) is 32.1 Å². The lowest BCUT2D eigenvalue weighted by Crippen LogP contribution is -2.47. The number of anilines is 1. The minimum Gasteiger partial charge on any atom is -0.481 e. The summed E-state index contributed by atoms with van der Waals surface area (Å²) in [6, 6.07) is -0.296. The molecule has 1 saturated heterocycles. The Labute approximate surface area is 140 Å². The SMILES string of the molecule is CCC(CC)c1nnc(NC(=O)N2CC(C)CC(C(=O)O)C2)s1. The summed E-state index contributed by atoms with van der Waals surface area (Å²) >= 11 is 1.39. The standard InChI is InChI=1S/C15H24N4O3S/c1-4-10(5-2)12-17-18-14(23-12)16-15(22)19-7-9(3)6-11(8-19)13(20)21/h9-11H,4-8H2,1-3H3,(H,20,21)(H,16,18,22). The first-order valence-electron chi connectivity index (χ1n) is 8.06. The number of aliphatic carboxylic acids is 1. The van der Waals surface area contributed by atoms with Gasteiger partial charge in [0.05, 0.1) is 5.92 Å². The molecule has 1 aromatic heterocycles. The van der Waals surface area contributed by atoms with E-state index in [1.165, 1.54) is 11.3 Å². The van der Waals surface area contributed by atoms with Crippen molar-refractivity contribution >= 4 is 28.5 Å². The molecule has 1 aromatic rings. The summed E-state index contributed by atoms with van der Waals surface area (Å²) < 4.78 is 0. The smallest absolute Gasteiger partial charge is 0.323 e. The van der Waals surface area contributed by atoms with Gasteiger partial charge in [0.1, 0.15) is 5.01 Å². The number of rotatable bonds is 5. The van der Waals surface area contributed by atoms with Crippen LogP contribution in [-0.2, 0) is 4.79 Å². The van der Waals surface area contributed by atoms with Gasteiger partial charge in [-0.05, 0) is 25.2 Å². The van der Waals surface area contributed by atoms with E-state index in [0.717, 1.165) is 17.8 Å². The number of urea groups is 1.